The summed E-state index contributed by atoms with van der Waals surface area (Å²) in [5, 5.41) is 0. The molecule has 0 amide bonds. The van der Waals surface area contributed by atoms with Gasteiger partial charge in [0.25, 0.3) is 0 Å². The van der Waals surface area contributed by atoms with Gasteiger partial charge in [0.2, 0.25) is 0 Å². The summed E-state index contributed by atoms with van der Waals surface area (Å²) in [5.74, 6) is -0.171. The Morgan fingerprint density at radius 3 is 2.32 bits per heavy atom. The van der Waals surface area contributed by atoms with Crippen LogP contribution < -0.4 is 0 Å². The van der Waals surface area contributed by atoms with Crippen molar-refractivity contribution in [3.8, 4) is 0 Å². The zero-order valence-electron chi connectivity index (χ0n) is 12.3. The summed E-state index contributed by atoms with van der Waals surface area (Å²) in [7, 11) is 0. The van der Waals surface area contributed by atoms with Crippen LogP contribution in [0, 0.1) is 0 Å². The van der Waals surface area contributed by atoms with E-state index in [0.29, 0.717) is 22.3 Å². The molecule has 0 spiro atoms. The highest BCUT2D eigenvalue weighted by molar-refractivity contribution is 6.28. The molecule has 1 fully saturated rings. The van der Waals surface area contributed by atoms with E-state index < -0.39 is 0 Å². The molecule has 0 saturated carbocycles. The fraction of sp³-hybridized carbons (Fsp3) is 0.353. The van der Waals surface area contributed by atoms with Gasteiger partial charge in [0.05, 0.1) is 16.7 Å². The van der Waals surface area contributed by atoms with Crippen LogP contribution in [0.25, 0.3) is 0 Å². The Labute approximate surface area is 128 Å². The van der Waals surface area contributed by atoms with Crippen molar-refractivity contribution in [3.63, 3.8) is 0 Å². The third-order valence-corrected chi connectivity index (χ3v) is 4.36. The van der Waals surface area contributed by atoms with E-state index in [2.05, 4.69) is 9.88 Å². The van der Waals surface area contributed by atoms with Gasteiger partial charge in [0, 0.05) is 50.0 Å². The SMILES string of the molecule is O=C1c2ccncc2C(=O)c2cn(CCCCN3CC3)cc21. The molecule has 0 radical (unpaired) electrons. The monoisotopic (exact) mass is 295 g/mol. The van der Waals surface area contributed by atoms with E-state index in [4.69, 9.17) is 0 Å². The summed E-state index contributed by atoms with van der Waals surface area (Å²) in [5.41, 5.74) is 1.91. The lowest BCUT2D eigenvalue weighted by atomic mass is 9.88. The number of fused-ring (bicyclic) bond motifs is 2. The van der Waals surface area contributed by atoms with Gasteiger partial charge >= 0.3 is 0 Å². The lowest BCUT2D eigenvalue weighted by Gasteiger charge is -2.12. The maximum Gasteiger partial charge on any atom is 0.197 e. The van der Waals surface area contributed by atoms with Crippen molar-refractivity contribution in [3.05, 3.63) is 53.1 Å². The molecule has 0 N–H and O–H groups in total. The molecule has 0 bridgehead atoms. The summed E-state index contributed by atoms with van der Waals surface area (Å²) < 4.78 is 1.97. The van der Waals surface area contributed by atoms with Crippen LogP contribution in [0.4, 0.5) is 0 Å². The Hall–Kier alpha value is -2.27. The molecule has 1 aliphatic heterocycles. The average Bonchev–Trinajstić information content (AvgIpc) is 3.27. The second-order valence-corrected chi connectivity index (χ2v) is 5.95. The minimum Gasteiger partial charge on any atom is -0.353 e. The van der Waals surface area contributed by atoms with Gasteiger partial charge in [-0.15, -0.1) is 0 Å². The number of hydrogen-bond donors (Lipinski definition) is 0. The molecule has 2 aliphatic rings. The first kappa shape index (κ1) is 13.4. The molecule has 0 unspecified atom stereocenters. The second-order valence-electron chi connectivity index (χ2n) is 5.95. The summed E-state index contributed by atoms with van der Waals surface area (Å²) >= 11 is 0. The number of hydrogen-bond acceptors (Lipinski definition) is 4. The van der Waals surface area contributed by atoms with Crippen molar-refractivity contribution < 1.29 is 9.59 Å². The highest BCUT2D eigenvalue weighted by Crippen LogP contribution is 2.27. The van der Waals surface area contributed by atoms with Crippen LogP contribution in [0.2, 0.25) is 0 Å². The number of ketones is 2. The van der Waals surface area contributed by atoms with E-state index in [1.807, 2.05) is 17.0 Å². The number of carbonyl (C=O) groups excluding carboxylic acids is 2. The van der Waals surface area contributed by atoms with Crippen LogP contribution in [0.5, 0.6) is 0 Å². The van der Waals surface area contributed by atoms with Crippen LogP contribution in [0.1, 0.15) is 44.7 Å². The summed E-state index contributed by atoms with van der Waals surface area (Å²) in [6.07, 6.45) is 8.87. The molecule has 2 aromatic rings. The fourth-order valence-corrected chi connectivity index (χ4v) is 2.99. The maximum atomic E-state index is 12.5. The van der Waals surface area contributed by atoms with Crippen molar-refractivity contribution in [2.24, 2.45) is 0 Å². The van der Waals surface area contributed by atoms with Gasteiger partial charge in [0.15, 0.2) is 11.6 Å². The standard InChI is InChI=1S/C17H17N3O2/c21-16-12-3-4-18-9-13(12)17(22)15-11-20(10-14(15)16)6-2-1-5-19-7-8-19/h3-4,9-11H,1-2,5-8H2. The van der Waals surface area contributed by atoms with Gasteiger partial charge in [-0.1, -0.05) is 0 Å². The Morgan fingerprint density at radius 2 is 1.59 bits per heavy atom. The Kier molecular flexibility index (Phi) is 3.15. The molecule has 1 saturated heterocycles. The minimum atomic E-state index is -0.0967. The van der Waals surface area contributed by atoms with Crippen LogP contribution in [-0.4, -0.2) is 45.7 Å². The molecule has 3 heterocycles. The lowest BCUT2D eigenvalue weighted by molar-refractivity contribution is 0.0979. The molecule has 1 aliphatic carbocycles. The highest BCUT2D eigenvalue weighted by Gasteiger charge is 2.31. The Morgan fingerprint density at radius 1 is 0.909 bits per heavy atom. The molecule has 4 rings (SSSR count). The van der Waals surface area contributed by atoms with Crippen molar-refractivity contribution in [1.82, 2.24) is 14.5 Å². The van der Waals surface area contributed by atoms with Crippen molar-refractivity contribution in [2.75, 3.05) is 19.6 Å². The summed E-state index contributed by atoms with van der Waals surface area (Å²) in [6, 6.07) is 1.62. The number of carbonyl (C=O) groups is 2. The molecule has 112 valence electrons. The third kappa shape index (κ3) is 2.27. The normalized spacial score (nSPS) is 16.5. The Balaban J connectivity index is 1.54. The average molecular weight is 295 g/mol. The van der Waals surface area contributed by atoms with Crippen LogP contribution in [-0.2, 0) is 6.54 Å². The minimum absolute atomic E-state index is 0.0742. The fourth-order valence-electron chi connectivity index (χ4n) is 2.99. The van der Waals surface area contributed by atoms with Gasteiger partial charge in [-0.05, 0) is 25.5 Å². The smallest absolute Gasteiger partial charge is 0.197 e. The van der Waals surface area contributed by atoms with Crippen molar-refractivity contribution in [1.29, 1.82) is 0 Å². The molecule has 2 aromatic heterocycles. The van der Waals surface area contributed by atoms with Gasteiger partial charge in [0.1, 0.15) is 0 Å². The van der Waals surface area contributed by atoms with Crippen LogP contribution in [0.15, 0.2) is 30.9 Å². The van der Waals surface area contributed by atoms with Gasteiger partial charge < -0.3 is 9.47 Å². The molecular weight excluding hydrogens is 278 g/mol. The van der Waals surface area contributed by atoms with E-state index >= 15 is 0 Å². The van der Waals surface area contributed by atoms with E-state index in [1.165, 1.54) is 19.3 Å². The zero-order chi connectivity index (χ0) is 15.1. The quantitative estimate of drug-likeness (QED) is 0.531. The van der Waals surface area contributed by atoms with Crippen molar-refractivity contribution in [2.45, 2.75) is 19.4 Å². The zero-order valence-corrected chi connectivity index (χ0v) is 12.3. The van der Waals surface area contributed by atoms with E-state index in [-0.39, 0.29) is 11.6 Å². The number of pyridine rings is 1. The Bertz CT molecular complexity index is 707. The van der Waals surface area contributed by atoms with Crippen LogP contribution in [0.3, 0.4) is 0 Å². The summed E-state index contributed by atoms with van der Waals surface area (Å²) in [4.78, 5) is 31.3. The number of nitrogens with zero attached hydrogens (tertiary/aromatic N) is 3. The predicted molar refractivity (Wildman–Crippen MR) is 81.2 cm³/mol. The number of aromatic nitrogens is 2. The highest BCUT2D eigenvalue weighted by atomic mass is 16.1. The van der Waals surface area contributed by atoms with Crippen molar-refractivity contribution >= 4 is 11.6 Å². The molecule has 5 heteroatoms. The summed E-state index contributed by atoms with van der Waals surface area (Å²) in [6.45, 7) is 4.45. The first-order valence-corrected chi connectivity index (χ1v) is 7.69. The third-order valence-electron chi connectivity index (χ3n) is 4.36. The molecule has 0 atom stereocenters. The molecule has 22 heavy (non-hydrogen) atoms. The second kappa shape index (κ2) is 5.18. The molecule has 0 aromatic carbocycles. The van der Waals surface area contributed by atoms with E-state index in [1.54, 1.807) is 12.3 Å². The van der Waals surface area contributed by atoms with Gasteiger partial charge in [-0.3, -0.25) is 14.6 Å². The first-order valence-electron chi connectivity index (χ1n) is 7.69. The molecule has 5 nitrogen and oxygen atoms in total. The van der Waals surface area contributed by atoms with Crippen LogP contribution >= 0.6 is 0 Å². The first-order chi connectivity index (χ1) is 10.7. The number of aryl methyl sites for hydroxylation is 1. The van der Waals surface area contributed by atoms with Gasteiger partial charge in [-0.2, -0.15) is 0 Å². The number of unbranched alkanes of at least 4 members (excludes halogenated alkanes) is 1. The lowest BCUT2D eigenvalue weighted by Crippen LogP contribution is -2.19. The van der Waals surface area contributed by atoms with E-state index in [9.17, 15) is 9.59 Å². The topological polar surface area (TPSA) is 55.0 Å². The maximum absolute atomic E-state index is 12.5. The molecular formula is C17H17N3O2. The number of rotatable bonds is 5. The largest absolute Gasteiger partial charge is 0.353 e. The van der Waals surface area contributed by atoms with Gasteiger partial charge in [-0.25, -0.2) is 0 Å². The predicted octanol–water partition coefficient (Wildman–Crippen LogP) is 1.75. The van der Waals surface area contributed by atoms with E-state index in [0.717, 1.165) is 25.9 Å².